The van der Waals surface area contributed by atoms with Crippen molar-refractivity contribution in [2.24, 2.45) is 7.05 Å². The molecule has 0 unspecified atom stereocenters. The number of piperazine rings is 1. The average Bonchev–Trinajstić information content (AvgIpc) is 3.44. The third kappa shape index (κ3) is 3.47. The summed E-state index contributed by atoms with van der Waals surface area (Å²) in [6, 6.07) is 12.3. The van der Waals surface area contributed by atoms with Crippen molar-refractivity contribution in [2.75, 3.05) is 43.4 Å². The van der Waals surface area contributed by atoms with Crippen LogP contribution in [-0.2, 0) is 13.6 Å². The number of benzene rings is 1. The molecule has 0 spiro atoms. The number of fused-ring (bicyclic) bond motifs is 2. The lowest BCUT2D eigenvalue weighted by Gasteiger charge is -2.33. The van der Waals surface area contributed by atoms with Gasteiger partial charge in [-0.1, -0.05) is 12.1 Å². The number of anilines is 3. The maximum Gasteiger partial charge on any atom is 0.254 e. The molecule has 1 amide bonds. The van der Waals surface area contributed by atoms with Crippen LogP contribution in [0, 0.1) is 0 Å². The molecule has 2 aliphatic rings. The van der Waals surface area contributed by atoms with Gasteiger partial charge < -0.3 is 25.0 Å². The summed E-state index contributed by atoms with van der Waals surface area (Å²) in [5, 5.41) is 7.43. The summed E-state index contributed by atoms with van der Waals surface area (Å²) in [4.78, 5) is 26.9. The molecule has 172 valence electrons. The van der Waals surface area contributed by atoms with Gasteiger partial charge in [0.05, 0.1) is 35.0 Å². The zero-order chi connectivity index (χ0) is 23.2. The summed E-state index contributed by atoms with van der Waals surface area (Å²) < 4.78 is 2.09. The summed E-state index contributed by atoms with van der Waals surface area (Å²) in [5.74, 6) is 0.606. The van der Waals surface area contributed by atoms with Crippen molar-refractivity contribution in [1.82, 2.24) is 24.8 Å². The highest BCUT2D eigenvalue weighted by Gasteiger charge is 2.28. The van der Waals surface area contributed by atoms with Gasteiger partial charge in [-0.15, -0.1) is 0 Å². The Hall–Kier alpha value is -3.91. The van der Waals surface area contributed by atoms with E-state index in [0.29, 0.717) is 23.6 Å². The van der Waals surface area contributed by atoms with Crippen LogP contribution in [0.25, 0.3) is 22.2 Å². The maximum absolute atomic E-state index is 12.8. The number of carbonyl (C=O) groups is 1. The molecule has 2 aliphatic heterocycles. The van der Waals surface area contributed by atoms with E-state index in [-0.39, 0.29) is 5.91 Å². The highest BCUT2D eigenvalue weighted by atomic mass is 16.1. The molecule has 0 saturated carbocycles. The van der Waals surface area contributed by atoms with Crippen LogP contribution in [0.1, 0.15) is 15.9 Å². The Morgan fingerprint density at radius 1 is 0.971 bits per heavy atom. The van der Waals surface area contributed by atoms with Gasteiger partial charge >= 0.3 is 0 Å². The molecule has 5 heterocycles. The lowest BCUT2D eigenvalue weighted by atomic mass is 9.99. The van der Waals surface area contributed by atoms with E-state index >= 15 is 0 Å². The number of amides is 1. The van der Waals surface area contributed by atoms with Crippen molar-refractivity contribution < 1.29 is 4.79 Å². The first kappa shape index (κ1) is 20.7. The van der Waals surface area contributed by atoms with Gasteiger partial charge in [0.2, 0.25) is 0 Å². The van der Waals surface area contributed by atoms with Crippen LogP contribution in [0.2, 0.25) is 0 Å². The van der Waals surface area contributed by atoms with E-state index in [9.17, 15) is 4.79 Å². The highest BCUT2D eigenvalue weighted by Crippen LogP contribution is 2.36. The second-order valence-electron chi connectivity index (χ2n) is 9.04. The average molecular weight is 454 g/mol. The molecule has 0 bridgehead atoms. The number of carbonyl (C=O) groups excluding carboxylic acids is 1. The van der Waals surface area contributed by atoms with Gasteiger partial charge in [-0.25, -0.2) is 4.98 Å². The number of rotatable bonds is 4. The minimum Gasteiger partial charge on any atom is -0.368 e. The molecule has 6 rings (SSSR count). The van der Waals surface area contributed by atoms with Crippen molar-refractivity contribution >= 4 is 34.0 Å². The molecule has 0 radical (unpaired) electrons. The Labute approximate surface area is 198 Å². The molecule has 0 aliphatic carbocycles. The summed E-state index contributed by atoms with van der Waals surface area (Å²) in [7, 11) is 4.18. The first-order chi connectivity index (χ1) is 16.6. The molecule has 2 N–H and O–H groups in total. The summed E-state index contributed by atoms with van der Waals surface area (Å²) in [6.07, 6.45) is 5.69. The van der Waals surface area contributed by atoms with Crippen LogP contribution in [0.4, 0.5) is 17.2 Å². The third-order valence-corrected chi connectivity index (χ3v) is 6.89. The zero-order valence-electron chi connectivity index (χ0n) is 19.4. The van der Waals surface area contributed by atoms with Crippen molar-refractivity contribution in [3.8, 4) is 11.3 Å². The molecule has 4 aromatic rings. The Balaban J connectivity index is 1.32. The van der Waals surface area contributed by atoms with Gasteiger partial charge in [0, 0.05) is 68.0 Å². The van der Waals surface area contributed by atoms with Crippen LogP contribution in [-0.4, -0.2) is 58.6 Å². The van der Waals surface area contributed by atoms with E-state index in [4.69, 9.17) is 4.98 Å². The second kappa shape index (κ2) is 8.14. The number of hydrogen-bond acceptors (Lipinski definition) is 6. The highest BCUT2D eigenvalue weighted by molar-refractivity contribution is 6.07. The minimum absolute atomic E-state index is 0.0876. The summed E-state index contributed by atoms with van der Waals surface area (Å²) >= 11 is 0. The number of likely N-dealkylation sites (N-methyl/N-ethyl adjacent to an activating group) is 1. The van der Waals surface area contributed by atoms with Crippen molar-refractivity contribution in [3.63, 3.8) is 0 Å². The molecular weight excluding hydrogens is 426 g/mol. The maximum atomic E-state index is 12.8. The standard InChI is InChI=1S/C26H27N7O/c1-31-10-12-33(13-11-31)17-6-7-23(27-14-17)30-21-16-28-25(20-15-29-26(34)24(20)21)19-4-3-5-22-18(19)8-9-32(22)2/h3-9,14,16H,10-13,15H2,1-2H3,(H,27,30)(H,29,34). The second-order valence-corrected chi connectivity index (χ2v) is 9.04. The number of aryl methyl sites for hydroxylation is 1. The SMILES string of the molecule is CN1CCN(c2ccc(Nc3cnc(-c4cccc5c4ccn5C)c4c3C(=O)NC4)nc2)CC1. The van der Waals surface area contributed by atoms with Gasteiger partial charge in [0.25, 0.3) is 5.91 Å². The van der Waals surface area contributed by atoms with Crippen molar-refractivity contribution in [3.05, 3.63) is 66.1 Å². The topological polar surface area (TPSA) is 78.3 Å². The first-order valence-corrected chi connectivity index (χ1v) is 11.6. The fourth-order valence-electron chi connectivity index (χ4n) is 4.93. The van der Waals surface area contributed by atoms with Gasteiger partial charge in [0.15, 0.2) is 0 Å². The van der Waals surface area contributed by atoms with E-state index in [2.05, 4.69) is 61.3 Å². The Bertz CT molecular complexity index is 1380. The predicted octanol–water partition coefficient (Wildman–Crippen LogP) is 3.37. The Kier molecular flexibility index (Phi) is 4.95. The quantitative estimate of drug-likeness (QED) is 0.493. The van der Waals surface area contributed by atoms with Crippen LogP contribution in [0.15, 0.2) is 55.0 Å². The van der Waals surface area contributed by atoms with Gasteiger partial charge in [-0.2, -0.15) is 0 Å². The van der Waals surface area contributed by atoms with Gasteiger partial charge in [-0.3, -0.25) is 9.78 Å². The van der Waals surface area contributed by atoms with E-state index < -0.39 is 0 Å². The first-order valence-electron chi connectivity index (χ1n) is 11.6. The molecule has 34 heavy (non-hydrogen) atoms. The van der Waals surface area contributed by atoms with Crippen LogP contribution in [0.3, 0.4) is 0 Å². The zero-order valence-corrected chi connectivity index (χ0v) is 19.4. The molecule has 0 atom stereocenters. The normalized spacial score (nSPS) is 16.1. The van der Waals surface area contributed by atoms with Crippen molar-refractivity contribution in [1.29, 1.82) is 0 Å². The van der Waals surface area contributed by atoms with E-state index in [1.807, 2.05) is 31.6 Å². The Morgan fingerprint density at radius 3 is 2.62 bits per heavy atom. The van der Waals surface area contributed by atoms with Crippen LogP contribution >= 0.6 is 0 Å². The van der Waals surface area contributed by atoms with E-state index in [0.717, 1.165) is 59.6 Å². The number of hydrogen-bond donors (Lipinski definition) is 2. The fourth-order valence-corrected chi connectivity index (χ4v) is 4.93. The number of pyridine rings is 2. The molecule has 3 aromatic heterocycles. The van der Waals surface area contributed by atoms with Gasteiger partial charge in [0.1, 0.15) is 5.82 Å². The van der Waals surface area contributed by atoms with Gasteiger partial charge in [-0.05, 0) is 31.3 Å². The van der Waals surface area contributed by atoms with E-state index in [1.165, 1.54) is 0 Å². The van der Waals surface area contributed by atoms with Crippen molar-refractivity contribution in [2.45, 2.75) is 6.54 Å². The Morgan fingerprint density at radius 2 is 1.82 bits per heavy atom. The lowest BCUT2D eigenvalue weighted by Crippen LogP contribution is -2.44. The summed E-state index contributed by atoms with van der Waals surface area (Å²) in [6.45, 7) is 4.56. The predicted molar refractivity (Wildman–Crippen MR) is 135 cm³/mol. The molecule has 8 nitrogen and oxygen atoms in total. The number of nitrogens with one attached hydrogen (secondary N) is 2. The smallest absolute Gasteiger partial charge is 0.254 e. The lowest BCUT2D eigenvalue weighted by molar-refractivity contribution is 0.0966. The summed E-state index contributed by atoms with van der Waals surface area (Å²) in [5.41, 5.74) is 6.36. The molecule has 8 heteroatoms. The monoisotopic (exact) mass is 453 g/mol. The van der Waals surface area contributed by atoms with Crippen LogP contribution in [0.5, 0.6) is 0 Å². The molecule has 1 aromatic carbocycles. The third-order valence-electron chi connectivity index (χ3n) is 6.89. The molecular formula is C26H27N7O. The number of aromatic nitrogens is 3. The minimum atomic E-state index is -0.0876. The molecule has 1 fully saturated rings. The van der Waals surface area contributed by atoms with E-state index in [1.54, 1.807) is 6.20 Å². The van der Waals surface area contributed by atoms with Crippen LogP contribution < -0.4 is 15.5 Å². The largest absolute Gasteiger partial charge is 0.368 e. The number of nitrogens with zero attached hydrogens (tertiary/aromatic N) is 5. The fraction of sp³-hybridized carbons (Fsp3) is 0.269. The molecule has 1 saturated heterocycles.